The predicted molar refractivity (Wildman–Crippen MR) is 77.5 cm³/mol. The van der Waals surface area contributed by atoms with Gasteiger partial charge in [-0.15, -0.1) is 0 Å². The second-order valence-electron chi connectivity index (χ2n) is 5.42. The van der Waals surface area contributed by atoms with Crippen molar-refractivity contribution >= 4 is 5.97 Å². The van der Waals surface area contributed by atoms with Crippen molar-refractivity contribution in [3.05, 3.63) is 29.3 Å². The van der Waals surface area contributed by atoms with E-state index in [1.165, 1.54) is 43.2 Å². The van der Waals surface area contributed by atoms with Gasteiger partial charge in [0.2, 0.25) is 0 Å². The lowest BCUT2D eigenvalue weighted by Crippen LogP contribution is -2.09. The first-order chi connectivity index (χ1) is 9.29. The molecular formula is C17H24O2. The molecular weight excluding hydrogens is 236 g/mol. The molecule has 0 bridgehead atoms. The molecule has 0 N–H and O–H groups in total. The van der Waals surface area contributed by atoms with Gasteiger partial charge >= 0.3 is 5.97 Å². The Labute approximate surface area is 116 Å². The second-order valence-corrected chi connectivity index (χ2v) is 5.42. The Bertz CT molecular complexity index is 423. The van der Waals surface area contributed by atoms with Crippen LogP contribution in [0.15, 0.2) is 18.2 Å². The van der Waals surface area contributed by atoms with Crippen LogP contribution >= 0.6 is 0 Å². The first-order valence-corrected chi connectivity index (χ1v) is 7.62. The Kier molecular flexibility index (Phi) is 5.44. The number of hydrogen-bond donors (Lipinski definition) is 0. The third-order valence-corrected chi connectivity index (χ3v) is 3.79. The van der Waals surface area contributed by atoms with Crippen molar-refractivity contribution in [2.24, 2.45) is 0 Å². The van der Waals surface area contributed by atoms with Crippen LogP contribution in [0.25, 0.3) is 0 Å². The van der Waals surface area contributed by atoms with Crippen molar-refractivity contribution in [1.29, 1.82) is 0 Å². The van der Waals surface area contributed by atoms with Crippen molar-refractivity contribution in [1.82, 2.24) is 0 Å². The van der Waals surface area contributed by atoms with Crippen LogP contribution in [0, 0.1) is 0 Å². The monoisotopic (exact) mass is 260 g/mol. The molecule has 0 radical (unpaired) electrons. The highest BCUT2D eigenvalue weighted by atomic mass is 16.5. The lowest BCUT2D eigenvalue weighted by Gasteiger charge is -2.16. The fraction of sp³-hybridized carbons (Fsp3) is 0.588. The minimum absolute atomic E-state index is 0.0909. The van der Waals surface area contributed by atoms with Gasteiger partial charge in [-0.25, -0.2) is 0 Å². The maximum Gasteiger partial charge on any atom is 0.311 e. The highest BCUT2D eigenvalue weighted by Crippen LogP contribution is 2.25. The third kappa shape index (κ3) is 4.38. The largest absolute Gasteiger partial charge is 0.427 e. The fourth-order valence-electron chi connectivity index (χ4n) is 2.65. The number of carbonyl (C=O) groups excluding carboxylic acids is 1. The molecule has 0 saturated heterocycles. The summed E-state index contributed by atoms with van der Waals surface area (Å²) in [4.78, 5) is 11.7. The SMILES string of the molecule is CCCCCCC(=O)Oc1ccc2c(c1)CCCC2. The molecule has 0 saturated carbocycles. The maximum absolute atomic E-state index is 11.7. The number of carbonyl (C=O) groups is 1. The summed E-state index contributed by atoms with van der Waals surface area (Å²) < 4.78 is 5.42. The smallest absolute Gasteiger partial charge is 0.311 e. The summed E-state index contributed by atoms with van der Waals surface area (Å²) >= 11 is 0. The lowest BCUT2D eigenvalue weighted by atomic mass is 9.92. The van der Waals surface area contributed by atoms with Gasteiger partial charge in [0.05, 0.1) is 0 Å². The highest BCUT2D eigenvalue weighted by molar-refractivity contribution is 5.72. The number of esters is 1. The first kappa shape index (κ1) is 14.1. The standard InChI is InChI=1S/C17H24O2/c1-2-3-4-5-10-17(18)19-16-12-11-14-8-6-7-9-15(14)13-16/h11-13H,2-10H2,1H3. The topological polar surface area (TPSA) is 26.3 Å². The molecule has 0 fully saturated rings. The summed E-state index contributed by atoms with van der Waals surface area (Å²) in [6.07, 6.45) is 9.82. The van der Waals surface area contributed by atoms with Crippen molar-refractivity contribution in [3.8, 4) is 5.75 Å². The number of unbranched alkanes of at least 4 members (excludes halogenated alkanes) is 3. The van der Waals surface area contributed by atoms with Gasteiger partial charge in [0.15, 0.2) is 0 Å². The molecule has 0 amide bonds. The van der Waals surface area contributed by atoms with Gasteiger partial charge in [-0.2, -0.15) is 0 Å². The summed E-state index contributed by atoms with van der Waals surface area (Å²) in [7, 11) is 0. The molecule has 1 aliphatic carbocycles. The predicted octanol–water partition coefficient (Wildman–Crippen LogP) is 4.44. The molecule has 0 aliphatic heterocycles. The number of aryl methyl sites for hydroxylation is 2. The molecule has 19 heavy (non-hydrogen) atoms. The molecule has 1 aromatic carbocycles. The van der Waals surface area contributed by atoms with Crippen LogP contribution in [0.4, 0.5) is 0 Å². The molecule has 2 rings (SSSR count). The number of benzene rings is 1. The van der Waals surface area contributed by atoms with E-state index in [4.69, 9.17) is 4.74 Å². The van der Waals surface area contributed by atoms with E-state index in [2.05, 4.69) is 19.1 Å². The molecule has 104 valence electrons. The number of ether oxygens (including phenoxy) is 1. The maximum atomic E-state index is 11.7. The van der Waals surface area contributed by atoms with E-state index in [1.54, 1.807) is 0 Å². The minimum Gasteiger partial charge on any atom is -0.427 e. The summed E-state index contributed by atoms with van der Waals surface area (Å²) in [6, 6.07) is 6.11. The van der Waals surface area contributed by atoms with Crippen molar-refractivity contribution in [2.75, 3.05) is 0 Å². The lowest BCUT2D eigenvalue weighted by molar-refractivity contribution is -0.134. The molecule has 2 nitrogen and oxygen atoms in total. The number of hydrogen-bond acceptors (Lipinski definition) is 2. The Balaban J connectivity index is 1.83. The zero-order valence-electron chi connectivity index (χ0n) is 11.9. The van der Waals surface area contributed by atoms with Crippen molar-refractivity contribution < 1.29 is 9.53 Å². The van der Waals surface area contributed by atoms with Crippen molar-refractivity contribution in [3.63, 3.8) is 0 Å². The van der Waals surface area contributed by atoms with Crippen LogP contribution in [0.5, 0.6) is 5.75 Å². The van der Waals surface area contributed by atoms with Crippen LogP contribution in [0.3, 0.4) is 0 Å². The summed E-state index contributed by atoms with van der Waals surface area (Å²) in [5.74, 6) is 0.632. The van der Waals surface area contributed by atoms with E-state index in [1.807, 2.05) is 6.07 Å². The molecule has 0 aromatic heterocycles. The van der Waals surface area contributed by atoms with Crippen LogP contribution < -0.4 is 4.74 Å². The average Bonchev–Trinajstić information content (AvgIpc) is 2.43. The van der Waals surface area contributed by atoms with Crippen LogP contribution in [-0.4, -0.2) is 5.97 Å². The average molecular weight is 260 g/mol. The first-order valence-electron chi connectivity index (χ1n) is 7.62. The Morgan fingerprint density at radius 2 is 1.89 bits per heavy atom. The van der Waals surface area contributed by atoms with E-state index in [9.17, 15) is 4.79 Å². The molecule has 2 heteroatoms. The highest BCUT2D eigenvalue weighted by Gasteiger charge is 2.11. The molecule has 0 spiro atoms. The molecule has 0 heterocycles. The Morgan fingerprint density at radius 1 is 1.11 bits per heavy atom. The van der Waals surface area contributed by atoms with Crippen LogP contribution in [0.1, 0.15) is 63.0 Å². The summed E-state index contributed by atoms with van der Waals surface area (Å²) in [6.45, 7) is 2.17. The van der Waals surface area contributed by atoms with Crippen LogP contribution in [0.2, 0.25) is 0 Å². The Morgan fingerprint density at radius 3 is 2.68 bits per heavy atom. The zero-order valence-corrected chi connectivity index (χ0v) is 11.9. The van der Waals surface area contributed by atoms with E-state index in [0.29, 0.717) is 6.42 Å². The summed E-state index contributed by atoms with van der Waals surface area (Å²) in [5.41, 5.74) is 2.79. The number of rotatable bonds is 6. The van der Waals surface area contributed by atoms with Crippen LogP contribution in [-0.2, 0) is 17.6 Å². The van der Waals surface area contributed by atoms with Gasteiger partial charge in [-0.3, -0.25) is 4.79 Å². The van der Waals surface area contributed by atoms with Gasteiger partial charge < -0.3 is 4.74 Å². The molecule has 0 unspecified atom stereocenters. The normalized spacial score (nSPS) is 13.9. The van der Waals surface area contributed by atoms with Gasteiger partial charge in [0, 0.05) is 6.42 Å². The van der Waals surface area contributed by atoms with E-state index < -0.39 is 0 Å². The minimum atomic E-state index is -0.0909. The second kappa shape index (κ2) is 7.32. The molecule has 1 aliphatic rings. The van der Waals surface area contributed by atoms with Crippen molar-refractivity contribution in [2.45, 2.75) is 64.7 Å². The van der Waals surface area contributed by atoms with E-state index in [-0.39, 0.29) is 5.97 Å². The van der Waals surface area contributed by atoms with E-state index >= 15 is 0 Å². The van der Waals surface area contributed by atoms with Gasteiger partial charge in [0.1, 0.15) is 5.75 Å². The van der Waals surface area contributed by atoms with E-state index in [0.717, 1.165) is 25.0 Å². The Hall–Kier alpha value is -1.31. The van der Waals surface area contributed by atoms with Gasteiger partial charge in [-0.05, 0) is 55.4 Å². The molecule has 1 aromatic rings. The fourth-order valence-corrected chi connectivity index (χ4v) is 2.65. The van der Waals surface area contributed by atoms with Gasteiger partial charge in [0.25, 0.3) is 0 Å². The third-order valence-electron chi connectivity index (χ3n) is 3.79. The number of fused-ring (bicyclic) bond motifs is 1. The zero-order chi connectivity index (χ0) is 13.5. The molecule has 0 atom stereocenters. The summed E-state index contributed by atoms with van der Waals surface area (Å²) in [5, 5.41) is 0. The quantitative estimate of drug-likeness (QED) is 0.429. The van der Waals surface area contributed by atoms with Gasteiger partial charge in [-0.1, -0.05) is 32.3 Å².